The second-order valence-electron chi connectivity index (χ2n) is 7.14. The maximum absolute atomic E-state index is 12.1. The Morgan fingerprint density at radius 2 is 1.90 bits per heavy atom. The minimum Gasteiger partial charge on any atom is -0.444 e. The number of piperidine rings is 1. The molecule has 2 rings (SSSR count). The fourth-order valence-corrected chi connectivity index (χ4v) is 3.64. The highest BCUT2D eigenvalue weighted by Gasteiger charge is 2.48. The Labute approximate surface area is 124 Å². The van der Waals surface area contributed by atoms with Gasteiger partial charge in [-0.05, 0) is 45.4 Å². The quantitative estimate of drug-likeness (QED) is 0.630. The molecule has 0 spiro atoms. The van der Waals surface area contributed by atoms with E-state index >= 15 is 0 Å². The number of carbonyl (C=O) groups excluding carboxylic acids is 1. The van der Waals surface area contributed by atoms with Crippen molar-refractivity contribution >= 4 is 6.09 Å². The lowest BCUT2D eigenvalue weighted by Gasteiger charge is -2.39. The fourth-order valence-electron chi connectivity index (χ4n) is 3.64. The first-order chi connectivity index (χ1) is 9.67. The lowest BCUT2D eigenvalue weighted by Crippen LogP contribution is -2.50. The molecule has 0 aromatic heterocycles. The topological polar surface area (TPSA) is 92.9 Å². The maximum Gasteiger partial charge on any atom is 0.410 e. The number of ether oxygens (including phenoxy) is 1. The van der Waals surface area contributed by atoms with Gasteiger partial charge in [0, 0.05) is 23.9 Å². The predicted molar refractivity (Wildman–Crippen MR) is 75.4 cm³/mol. The van der Waals surface area contributed by atoms with Gasteiger partial charge in [0.1, 0.15) is 11.7 Å². The molecule has 1 aliphatic heterocycles. The third-order valence-electron chi connectivity index (χ3n) is 4.34. The molecule has 2 fully saturated rings. The molecule has 0 radical (unpaired) electrons. The summed E-state index contributed by atoms with van der Waals surface area (Å²) in [5.41, 5.74) is -0.530. The molecule has 21 heavy (non-hydrogen) atoms. The van der Waals surface area contributed by atoms with Crippen molar-refractivity contribution in [3.8, 4) is 0 Å². The van der Waals surface area contributed by atoms with Crippen LogP contribution in [-0.4, -0.2) is 52.4 Å². The summed E-state index contributed by atoms with van der Waals surface area (Å²) in [6, 6.07) is 0. The molecule has 1 amide bonds. The van der Waals surface area contributed by atoms with Crippen LogP contribution in [0.2, 0.25) is 0 Å². The highest BCUT2D eigenvalue weighted by Crippen LogP contribution is 2.44. The normalized spacial score (nSPS) is 30.1. The van der Waals surface area contributed by atoms with E-state index < -0.39 is 23.2 Å². The standard InChI is InChI=1S/C14H24N2O5/c1-14(2,3)21-13(18)15-6-9-4-5-10(7-15)12(9)11(17)8-16(19)20/h9-12,17H,4-8H2,1-3H3/t9-,10+,11?,12-. The summed E-state index contributed by atoms with van der Waals surface area (Å²) in [6.07, 6.45) is 0.562. The average Bonchev–Trinajstić information content (AvgIpc) is 2.57. The predicted octanol–water partition coefficient (Wildman–Crippen LogP) is 1.52. The van der Waals surface area contributed by atoms with E-state index in [1.807, 2.05) is 20.8 Å². The molecular formula is C14H24N2O5. The van der Waals surface area contributed by atoms with Gasteiger partial charge in [-0.3, -0.25) is 10.1 Å². The molecule has 4 atom stereocenters. The highest BCUT2D eigenvalue weighted by molar-refractivity contribution is 5.68. The monoisotopic (exact) mass is 300 g/mol. The van der Waals surface area contributed by atoms with E-state index in [0.29, 0.717) is 13.1 Å². The molecule has 1 saturated heterocycles. The molecule has 1 N–H and O–H groups in total. The van der Waals surface area contributed by atoms with Crippen LogP contribution in [0.1, 0.15) is 33.6 Å². The number of rotatable bonds is 3. The van der Waals surface area contributed by atoms with Gasteiger partial charge in [0.05, 0.1) is 0 Å². The third kappa shape index (κ3) is 3.84. The van der Waals surface area contributed by atoms with Crippen LogP contribution in [0.5, 0.6) is 0 Å². The van der Waals surface area contributed by atoms with Crippen LogP contribution in [0.3, 0.4) is 0 Å². The van der Waals surface area contributed by atoms with Gasteiger partial charge in [0.2, 0.25) is 6.54 Å². The molecule has 1 unspecified atom stereocenters. The van der Waals surface area contributed by atoms with Crippen LogP contribution in [0.25, 0.3) is 0 Å². The van der Waals surface area contributed by atoms with Crippen LogP contribution < -0.4 is 0 Å². The van der Waals surface area contributed by atoms with E-state index in [1.165, 1.54) is 0 Å². The van der Waals surface area contributed by atoms with Crippen LogP contribution in [0, 0.1) is 27.9 Å². The summed E-state index contributed by atoms with van der Waals surface area (Å²) < 4.78 is 5.38. The molecule has 1 heterocycles. The number of nitrogens with zero attached hydrogens (tertiary/aromatic N) is 2. The zero-order valence-corrected chi connectivity index (χ0v) is 12.8. The number of amides is 1. The zero-order valence-electron chi connectivity index (χ0n) is 12.8. The lowest BCUT2D eigenvalue weighted by atomic mass is 9.81. The Morgan fingerprint density at radius 1 is 1.38 bits per heavy atom. The van der Waals surface area contributed by atoms with E-state index in [4.69, 9.17) is 4.74 Å². The highest BCUT2D eigenvalue weighted by atomic mass is 16.6. The maximum atomic E-state index is 12.1. The Balaban J connectivity index is 1.98. The molecule has 0 aromatic rings. The summed E-state index contributed by atoms with van der Waals surface area (Å²) in [5.74, 6) is 0.187. The minimum atomic E-state index is -0.918. The molecule has 120 valence electrons. The first-order valence-electron chi connectivity index (χ1n) is 7.45. The molecule has 2 bridgehead atoms. The summed E-state index contributed by atoms with van der Waals surface area (Å²) in [5, 5.41) is 20.6. The van der Waals surface area contributed by atoms with Gasteiger partial charge in [0.25, 0.3) is 0 Å². The third-order valence-corrected chi connectivity index (χ3v) is 4.34. The van der Waals surface area contributed by atoms with Gasteiger partial charge >= 0.3 is 6.09 Å². The number of hydrogen-bond acceptors (Lipinski definition) is 5. The van der Waals surface area contributed by atoms with Crippen molar-refractivity contribution < 1.29 is 19.6 Å². The Hall–Kier alpha value is -1.37. The summed E-state index contributed by atoms with van der Waals surface area (Å²) in [6.45, 7) is 6.10. The summed E-state index contributed by atoms with van der Waals surface area (Å²) in [4.78, 5) is 23.9. The Kier molecular flexibility index (Phi) is 4.41. The Bertz CT molecular complexity index is 406. The van der Waals surface area contributed by atoms with E-state index in [1.54, 1.807) is 4.90 Å². The fraction of sp³-hybridized carbons (Fsp3) is 0.929. The average molecular weight is 300 g/mol. The van der Waals surface area contributed by atoms with Crippen molar-refractivity contribution in [2.45, 2.75) is 45.3 Å². The SMILES string of the molecule is CC(C)(C)OC(=O)N1C[C@H]2CC[C@@H](C1)[C@@H]2C(O)C[N+](=O)[O-]. The molecule has 1 aliphatic carbocycles. The number of nitro groups is 1. The van der Waals surface area contributed by atoms with Crippen molar-refractivity contribution in [1.82, 2.24) is 4.90 Å². The van der Waals surface area contributed by atoms with Gasteiger partial charge in [-0.25, -0.2) is 4.79 Å². The van der Waals surface area contributed by atoms with E-state index in [2.05, 4.69) is 0 Å². The van der Waals surface area contributed by atoms with Crippen LogP contribution in [-0.2, 0) is 4.74 Å². The van der Waals surface area contributed by atoms with Crippen molar-refractivity contribution in [2.75, 3.05) is 19.6 Å². The second kappa shape index (κ2) is 5.79. The second-order valence-corrected chi connectivity index (χ2v) is 7.14. The molecule has 1 saturated carbocycles. The van der Waals surface area contributed by atoms with Crippen molar-refractivity contribution in [1.29, 1.82) is 0 Å². The molecule has 2 aliphatic rings. The molecular weight excluding hydrogens is 276 g/mol. The largest absolute Gasteiger partial charge is 0.444 e. The first-order valence-corrected chi connectivity index (χ1v) is 7.45. The van der Waals surface area contributed by atoms with Gasteiger partial charge in [0.15, 0.2) is 0 Å². The number of aliphatic hydroxyl groups excluding tert-OH is 1. The number of aliphatic hydroxyl groups is 1. The van der Waals surface area contributed by atoms with Crippen LogP contribution in [0.15, 0.2) is 0 Å². The number of carbonyl (C=O) groups is 1. The summed E-state index contributed by atoms with van der Waals surface area (Å²) >= 11 is 0. The lowest BCUT2D eigenvalue weighted by molar-refractivity contribution is -0.493. The van der Waals surface area contributed by atoms with Gasteiger partial charge in [-0.2, -0.15) is 0 Å². The van der Waals surface area contributed by atoms with Crippen molar-refractivity contribution in [2.24, 2.45) is 17.8 Å². The number of hydrogen-bond donors (Lipinski definition) is 1. The minimum absolute atomic E-state index is 0.0749. The first kappa shape index (κ1) is 16.0. The summed E-state index contributed by atoms with van der Waals surface area (Å²) in [7, 11) is 0. The van der Waals surface area contributed by atoms with Crippen LogP contribution >= 0.6 is 0 Å². The van der Waals surface area contributed by atoms with E-state index in [0.717, 1.165) is 12.8 Å². The number of fused-ring (bicyclic) bond motifs is 2. The smallest absolute Gasteiger partial charge is 0.410 e. The van der Waals surface area contributed by atoms with Gasteiger partial charge in [-0.15, -0.1) is 0 Å². The Morgan fingerprint density at radius 3 is 2.33 bits per heavy atom. The molecule has 7 heteroatoms. The van der Waals surface area contributed by atoms with E-state index in [-0.39, 0.29) is 23.8 Å². The van der Waals surface area contributed by atoms with Crippen LogP contribution in [0.4, 0.5) is 4.79 Å². The van der Waals surface area contributed by atoms with Gasteiger partial charge in [-0.1, -0.05) is 0 Å². The molecule has 0 aromatic carbocycles. The van der Waals surface area contributed by atoms with Crippen molar-refractivity contribution in [3.63, 3.8) is 0 Å². The van der Waals surface area contributed by atoms with Crippen molar-refractivity contribution in [3.05, 3.63) is 10.1 Å². The van der Waals surface area contributed by atoms with Gasteiger partial charge < -0.3 is 14.7 Å². The number of likely N-dealkylation sites (tertiary alicyclic amines) is 1. The zero-order chi connectivity index (χ0) is 15.8. The molecule has 7 nitrogen and oxygen atoms in total. The van der Waals surface area contributed by atoms with E-state index in [9.17, 15) is 20.0 Å².